The van der Waals surface area contributed by atoms with Gasteiger partial charge < -0.3 is 10.4 Å². The van der Waals surface area contributed by atoms with Crippen molar-refractivity contribution in [2.24, 2.45) is 5.92 Å². The van der Waals surface area contributed by atoms with Crippen molar-refractivity contribution >= 4 is 33.6 Å². The van der Waals surface area contributed by atoms with Gasteiger partial charge in [-0.05, 0) is 48.6 Å². The van der Waals surface area contributed by atoms with Crippen LogP contribution < -0.4 is 5.32 Å². The highest BCUT2D eigenvalue weighted by Crippen LogP contribution is 2.28. The Morgan fingerprint density at radius 3 is 2.50 bits per heavy atom. The summed E-state index contributed by atoms with van der Waals surface area (Å²) in [6, 6.07) is 13.7. The number of aliphatic carboxylic acids is 1. The fourth-order valence-corrected chi connectivity index (χ4v) is 3.85. The molecule has 4 rings (SSSR count). The van der Waals surface area contributed by atoms with E-state index in [1.807, 2.05) is 42.5 Å². The number of amides is 1. The molecule has 5 nitrogen and oxygen atoms in total. The average molecular weight is 348 g/mol. The second kappa shape index (κ2) is 6.75. The van der Waals surface area contributed by atoms with E-state index in [-0.39, 0.29) is 17.9 Å². The number of aromatic nitrogens is 1. The van der Waals surface area contributed by atoms with Crippen LogP contribution in [0.2, 0.25) is 0 Å². The van der Waals surface area contributed by atoms with E-state index in [9.17, 15) is 9.59 Å². The molecule has 2 aromatic carbocycles. The number of fused-ring (bicyclic) bond motifs is 3. The molecule has 5 heteroatoms. The summed E-state index contributed by atoms with van der Waals surface area (Å²) >= 11 is 0. The SMILES string of the molecule is O=C(NC1CCC(C(=O)O)CC1)c1cc2ccccc2c2cccnc12. The topological polar surface area (TPSA) is 79.3 Å². The lowest BCUT2D eigenvalue weighted by molar-refractivity contribution is -0.142. The molecule has 0 aliphatic heterocycles. The van der Waals surface area contributed by atoms with Gasteiger partial charge in [-0.15, -0.1) is 0 Å². The molecule has 0 unspecified atom stereocenters. The van der Waals surface area contributed by atoms with E-state index in [0.717, 1.165) is 16.2 Å². The number of pyridine rings is 1. The molecular weight excluding hydrogens is 328 g/mol. The maximum Gasteiger partial charge on any atom is 0.306 e. The minimum absolute atomic E-state index is 0.0170. The van der Waals surface area contributed by atoms with Crippen molar-refractivity contribution in [3.8, 4) is 0 Å². The van der Waals surface area contributed by atoms with E-state index in [4.69, 9.17) is 5.11 Å². The lowest BCUT2D eigenvalue weighted by Gasteiger charge is -2.27. The first-order valence-electron chi connectivity index (χ1n) is 8.93. The summed E-state index contributed by atoms with van der Waals surface area (Å²) in [4.78, 5) is 28.4. The summed E-state index contributed by atoms with van der Waals surface area (Å²) in [6.07, 6.45) is 4.31. The maximum absolute atomic E-state index is 12.9. The van der Waals surface area contributed by atoms with Gasteiger partial charge in [0.15, 0.2) is 0 Å². The number of nitrogens with zero attached hydrogens (tertiary/aromatic N) is 1. The van der Waals surface area contributed by atoms with Crippen LogP contribution in [-0.4, -0.2) is 28.0 Å². The van der Waals surface area contributed by atoms with E-state index in [0.29, 0.717) is 36.8 Å². The van der Waals surface area contributed by atoms with Gasteiger partial charge in [0.25, 0.3) is 5.91 Å². The number of rotatable bonds is 3. The molecule has 0 saturated heterocycles. The van der Waals surface area contributed by atoms with Gasteiger partial charge in [-0.1, -0.05) is 30.3 Å². The van der Waals surface area contributed by atoms with Gasteiger partial charge in [0, 0.05) is 17.6 Å². The second-order valence-electron chi connectivity index (χ2n) is 6.91. The number of nitrogens with one attached hydrogen (secondary N) is 1. The van der Waals surface area contributed by atoms with Crippen LogP contribution in [0.1, 0.15) is 36.0 Å². The van der Waals surface area contributed by atoms with Gasteiger partial charge in [0.2, 0.25) is 0 Å². The molecule has 1 aliphatic rings. The average Bonchev–Trinajstić information content (AvgIpc) is 2.67. The van der Waals surface area contributed by atoms with Crippen molar-refractivity contribution < 1.29 is 14.7 Å². The third-order valence-electron chi connectivity index (χ3n) is 5.27. The Balaban J connectivity index is 1.63. The van der Waals surface area contributed by atoms with Gasteiger partial charge in [0.05, 0.1) is 17.0 Å². The molecule has 1 amide bonds. The summed E-state index contributed by atoms with van der Waals surface area (Å²) in [6.45, 7) is 0. The number of hydrogen-bond donors (Lipinski definition) is 2. The van der Waals surface area contributed by atoms with E-state index < -0.39 is 5.97 Å². The predicted molar refractivity (Wildman–Crippen MR) is 100 cm³/mol. The zero-order valence-corrected chi connectivity index (χ0v) is 14.3. The van der Waals surface area contributed by atoms with Crippen LogP contribution in [0.5, 0.6) is 0 Å². The zero-order valence-electron chi connectivity index (χ0n) is 14.3. The van der Waals surface area contributed by atoms with E-state index in [1.165, 1.54) is 0 Å². The minimum Gasteiger partial charge on any atom is -0.481 e. The molecule has 0 spiro atoms. The largest absolute Gasteiger partial charge is 0.481 e. The van der Waals surface area contributed by atoms with Gasteiger partial charge >= 0.3 is 5.97 Å². The van der Waals surface area contributed by atoms with Crippen molar-refractivity contribution in [2.45, 2.75) is 31.7 Å². The predicted octanol–water partition coefficient (Wildman–Crippen LogP) is 3.76. The standard InChI is InChI=1S/C21H20N2O3/c24-20(23-15-9-7-13(8-10-15)21(25)26)18-12-14-4-1-2-5-16(14)17-6-3-11-22-19(17)18/h1-6,11-13,15H,7-10H2,(H,23,24)(H,25,26). The molecule has 0 atom stereocenters. The first-order chi connectivity index (χ1) is 12.6. The number of benzene rings is 2. The highest BCUT2D eigenvalue weighted by atomic mass is 16.4. The maximum atomic E-state index is 12.9. The van der Waals surface area contributed by atoms with Crippen LogP contribution in [0.3, 0.4) is 0 Å². The lowest BCUT2D eigenvalue weighted by atomic mass is 9.86. The number of carbonyl (C=O) groups is 2. The summed E-state index contributed by atoms with van der Waals surface area (Å²) in [7, 11) is 0. The number of carbonyl (C=O) groups excluding carboxylic acids is 1. The highest BCUT2D eigenvalue weighted by molar-refractivity contribution is 6.15. The van der Waals surface area contributed by atoms with Crippen molar-refractivity contribution in [1.82, 2.24) is 10.3 Å². The third kappa shape index (κ3) is 3.01. The van der Waals surface area contributed by atoms with Crippen LogP contribution in [0, 0.1) is 5.92 Å². The molecule has 132 valence electrons. The number of hydrogen-bond acceptors (Lipinski definition) is 3. The van der Waals surface area contributed by atoms with Crippen LogP contribution in [0.15, 0.2) is 48.7 Å². The molecule has 1 aliphatic carbocycles. The Morgan fingerprint density at radius 1 is 1.00 bits per heavy atom. The first-order valence-corrected chi connectivity index (χ1v) is 8.93. The van der Waals surface area contributed by atoms with Crippen molar-refractivity contribution in [3.63, 3.8) is 0 Å². The van der Waals surface area contributed by atoms with Crippen LogP contribution in [0.25, 0.3) is 21.7 Å². The minimum atomic E-state index is -0.737. The monoisotopic (exact) mass is 348 g/mol. The van der Waals surface area contributed by atoms with Gasteiger partial charge in [-0.3, -0.25) is 14.6 Å². The summed E-state index contributed by atoms with van der Waals surface area (Å²) in [5.41, 5.74) is 1.27. The molecule has 1 saturated carbocycles. The van der Waals surface area contributed by atoms with Crippen molar-refractivity contribution in [3.05, 3.63) is 54.2 Å². The Bertz CT molecular complexity index is 991. The van der Waals surface area contributed by atoms with Gasteiger partial charge in [0.1, 0.15) is 0 Å². The Labute approximate surface area is 151 Å². The molecule has 0 bridgehead atoms. The quantitative estimate of drug-likeness (QED) is 0.706. The van der Waals surface area contributed by atoms with Crippen LogP contribution >= 0.6 is 0 Å². The van der Waals surface area contributed by atoms with Crippen LogP contribution in [-0.2, 0) is 4.79 Å². The van der Waals surface area contributed by atoms with E-state index in [2.05, 4.69) is 10.3 Å². The number of carboxylic acids is 1. The van der Waals surface area contributed by atoms with Gasteiger partial charge in [-0.2, -0.15) is 0 Å². The molecular formula is C21H20N2O3. The van der Waals surface area contributed by atoms with Gasteiger partial charge in [-0.25, -0.2) is 0 Å². The molecule has 3 aromatic rings. The Morgan fingerprint density at radius 2 is 1.73 bits per heavy atom. The smallest absolute Gasteiger partial charge is 0.306 e. The highest BCUT2D eigenvalue weighted by Gasteiger charge is 2.27. The summed E-state index contributed by atoms with van der Waals surface area (Å²) in [5, 5.41) is 15.2. The van der Waals surface area contributed by atoms with Crippen LogP contribution in [0.4, 0.5) is 0 Å². The third-order valence-corrected chi connectivity index (χ3v) is 5.27. The van der Waals surface area contributed by atoms with Crippen molar-refractivity contribution in [1.29, 1.82) is 0 Å². The molecule has 26 heavy (non-hydrogen) atoms. The Kier molecular flexibility index (Phi) is 4.29. The van der Waals surface area contributed by atoms with E-state index >= 15 is 0 Å². The van der Waals surface area contributed by atoms with E-state index in [1.54, 1.807) is 6.20 Å². The Hall–Kier alpha value is -2.95. The van der Waals surface area contributed by atoms with Crippen molar-refractivity contribution in [2.75, 3.05) is 0 Å². The molecule has 1 heterocycles. The fourth-order valence-electron chi connectivity index (χ4n) is 3.85. The fraction of sp³-hybridized carbons (Fsp3) is 0.286. The zero-order chi connectivity index (χ0) is 18.1. The summed E-state index contributed by atoms with van der Waals surface area (Å²) < 4.78 is 0. The number of carboxylic acid groups (broad SMARTS) is 1. The summed E-state index contributed by atoms with van der Waals surface area (Å²) in [5.74, 6) is -1.16. The molecule has 2 N–H and O–H groups in total. The first kappa shape index (κ1) is 16.5. The molecule has 1 aromatic heterocycles. The lowest BCUT2D eigenvalue weighted by Crippen LogP contribution is -2.38. The molecule has 1 fully saturated rings. The second-order valence-corrected chi connectivity index (χ2v) is 6.91. The molecule has 0 radical (unpaired) electrons. The normalized spacial score (nSPS) is 20.2.